The Bertz CT molecular complexity index is 1280. The Morgan fingerprint density at radius 2 is 1.81 bits per heavy atom. The number of benzene rings is 1. The van der Waals surface area contributed by atoms with Crippen LogP contribution in [-0.4, -0.2) is 27.8 Å². The van der Waals surface area contributed by atoms with E-state index in [9.17, 15) is 0 Å². The van der Waals surface area contributed by atoms with Crippen molar-refractivity contribution in [2.45, 2.75) is 64.6 Å². The van der Waals surface area contributed by atoms with Gasteiger partial charge in [-0.3, -0.25) is 4.98 Å². The predicted octanol–water partition coefficient (Wildman–Crippen LogP) is 6.90. The number of aryl methyl sites for hydroxylation is 1. The molecule has 2 saturated heterocycles. The quantitative estimate of drug-likeness (QED) is 0.371. The van der Waals surface area contributed by atoms with E-state index in [1.807, 2.05) is 18.3 Å². The van der Waals surface area contributed by atoms with Crippen LogP contribution in [0.4, 0.5) is 11.4 Å². The zero-order valence-electron chi connectivity index (χ0n) is 21.2. The molecule has 3 aliphatic rings. The number of anilines is 2. The minimum absolute atomic E-state index is 0.0103. The first-order chi connectivity index (χ1) is 17.4. The first-order valence-electron chi connectivity index (χ1n) is 13.2. The van der Waals surface area contributed by atoms with Crippen molar-refractivity contribution in [1.29, 1.82) is 0 Å². The van der Waals surface area contributed by atoms with Gasteiger partial charge in [-0.25, -0.2) is 0 Å². The summed E-state index contributed by atoms with van der Waals surface area (Å²) >= 11 is 12.9. The van der Waals surface area contributed by atoms with Gasteiger partial charge in [-0.15, -0.1) is 0 Å². The van der Waals surface area contributed by atoms with Crippen LogP contribution in [0.5, 0.6) is 0 Å². The number of thiocarbonyl (C=S) groups is 1. The van der Waals surface area contributed by atoms with Gasteiger partial charge in [0.25, 0.3) is 0 Å². The monoisotopic (exact) mass is 519 g/mol. The maximum Gasteiger partial charge on any atom is 0.174 e. The number of pyridine rings is 1. The van der Waals surface area contributed by atoms with E-state index in [0.717, 1.165) is 41.1 Å². The molecule has 7 heteroatoms. The fraction of sp³-hybridized carbons (Fsp3) is 0.448. The highest BCUT2D eigenvalue weighted by Gasteiger charge is 2.43. The van der Waals surface area contributed by atoms with E-state index in [1.165, 1.54) is 42.6 Å². The molecule has 1 N–H and O–H groups in total. The molecule has 0 spiro atoms. The zero-order chi connectivity index (χ0) is 25.0. The van der Waals surface area contributed by atoms with E-state index in [-0.39, 0.29) is 12.1 Å². The molecule has 2 atom stereocenters. The molecule has 1 aliphatic carbocycles. The summed E-state index contributed by atoms with van der Waals surface area (Å²) in [5, 5.41) is 5.10. The number of nitrogens with one attached hydrogen (secondary N) is 1. The molecule has 3 fully saturated rings. The summed E-state index contributed by atoms with van der Waals surface area (Å²) in [4.78, 5) is 9.39. The molecule has 0 unspecified atom stereocenters. The molecule has 2 aliphatic heterocycles. The third-order valence-electron chi connectivity index (χ3n) is 8.19. The van der Waals surface area contributed by atoms with Crippen molar-refractivity contribution in [1.82, 2.24) is 14.9 Å². The summed E-state index contributed by atoms with van der Waals surface area (Å²) in [5.74, 6) is 0.784. The maximum atomic E-state index is 6.93. The van der Waals surface area contributed by atoms with Gasteiger partial charge in [-0.1, -0.05) is 24.6 Å². The second-order valence-corrected chi connectivity index (χ2v) is 11.5. The number of hydrogen-bond donors (Lipinski definition) is 1. The number of hydrogen-bond acceptors (Lipinski definition) is 3. The fourth-order valence-corrected chi connectivity index (χ4v) is 6.74. The van der Waals surface area contributed by atoms with E-state index >= 15 is 0 Å². The minimum atomic E-state index is -0.0473. The molecule has 6 rings (SSSR count). The Labute approximate surface area is 224 Å². The van der Waals surface area contributed by atoms with Crippen LogP contribution in [0.2, 0.25) is 5.02 Å². The summed E-state index contributed by atoms with van der Waals surface area (Å²) in [7, 11) is 0. The third-order valence-corrected chi connectivity index (χ3v) is 8.80. The first kappa shape index (κ1) is 23.8. The molecule has 0 amide bonds. The Morgan fingerprint density at radius 3 is 2.47 bits per heavy atom. The van der Waals surface area contributed by atoms with Crippen LogP contribution in [0.1, 0.15) is 73.4 Å². The van der Waals surface area contributed by atoms with Crippen LogP contribution >= 0.6 is 23.8 Å². The van der Waals surface area contributed by atoms with E-state index in [1.54, 1.807) is 0 Å². The highest BCUT2D eigenvalue weighted by molar-refractivity contribution is 7.80. The largest absolute Gasteiger partial charge is 0.370 e. The van der Waals surface area contributed by atoms with Crippen molar-refractivity contribution >= 4 is 40.3 Å². The van der Waals surface area contributed by atoms with Crippen molar-refractivity contribution in [2.75, 3.05) is 22.9 Å². The molecule has 1 saturated carbocycles. The van der Waals surface area contributed by atoms with Gasteiger partial charge in [0, 0.05) is 42.4 Å². The topological polar surface area (TPSA) is 36.3 Å². The number of halogens is 1. The lowest BCUT2D eigenvalue weighted by atomic mass is 9.96. The molecular formula is C29H34ClN5S. The Morgan fingerprint density at radius 1 is 1.03 bits per heavy atom. The second-order valence-electron chi connectivity index (χ2n) is 10.7. The van der Waals surface area contributed by atoms with Gasteiger partial charge in [0.2, 0.25) is 0 Å². The van der Waals surface area contributed by atoms with Crippen molar-refractivity contribution in [3.8, 4) is 0 Å². The van der Waals surface area contributed by atoms with Crippen molar-refractivity contribution < 1.29 is 0 Å². The lowest BCUT2D eigenvalue weighted by Crippen LogP contribution is -2.33. The van der Waals surface area contributed by atoms with Crippen molar-refractivity contribution in [3.05, 3.63) is 76.3 Å². The lowest BCUT2D eigenvalue weighted by Gasteiger charge is -2.33. The van der Waals surface area contributed by atoms with Crippen molar-refractivity contribution in [3.63, 3.8) is 0 Å². The predicted molar refractivity (Wildman–Crippen MR) is 152 cm³/mol. The average molecular weight is 520 g/mol. The SMILES string of the molecule is Cc1cc([C@H]2[C@@H](c3ccccn3)NC(=S)N2c2ccc(N3CCC(C)CC3)c(Cl)c2)c(C)n1C1CC1. The molecule has 0 radical (unpaired) electrons. The van der Waals surface area contributed by atoms with E-state index < -0.39 is 0 Å². The van der Waals surface area contributed by atoms with E-state index in [0.29, 0.717) is 11.2 Å². The normalized spacial score (nSPS) is 22.8. The summed E-state index contributed by atoms with van der Waals surface area (Å²) in [6.45, 7) is 8.93. The van der Waals surface area contributed by atoms with Gasteiger partial charge in [-0.05, 0) is 99.6 Å². The van der Waals surface area contributed by atoms with Crippen LogP contribution in [-0.2, 0) is 0 Å². The molecule has 188 valence electrons. The van der Waals surface area contributed by atoms with Crippen LogP contribution in [0, 0.1) is 19.8 Å². The highest BCUT2D eigenvalue weighted by atomic mass is 35.5. The van der Waals surface area contributed by atoms with Gasteiger partial charge in [0.15, 0.2) is 5.11 Å². The van der Waals surface area contributed by atoms with Crippen LogP contribution in [0.3, 0.4) is 0 Å². The van der Waals surface area contributed by atoms with E-state index in [4.69, 9.17) is 28.8 Å². The van der Waals surface area contributed by atoms with Gasteiger partial charge in [-0.2, -0.15) is 0 Å². The average Bonchev–Trinajstić information content (AvgIpc) is 3.58. The number of piperidine rings is 1. The summed E-state index contributed by atoms with van der Waals surface area (Å²) in [6, 6.07) is 15.5. The lowest BCUT2D eigenvalue weighted by molar-refractivity contribution is 0.438. The summed E-state index contributed by atoms with van der Waals surface area (Å²) in [6.07, 6.45) is 6.80. The number of rotatable bonds is 5. The Kier molecular flexibility index (Phi) is 6.21. The molecule has 3 aromatic rings. The molecule has 0 bridgehead atoms. The number of nitrogens with zero attached hydrogens (tertiary/aromatic N) is 4. The van der Waals surface area contributed by atoms with Gasteiger partial charge in [0.1, 0.15) is 0 Å². The first-order valence-corrected chi connectivity index (χ1v) is 13.9. The molecule has 36 heavy (non-hydrogen) atoms. The fourth-order valence-electron chi connectivity index (χ4n) is 6.10. The zero-order valence-corrected chi connectivity index (χ0v) is 22.8. The maximum absolute atomic E-state index is 6.93. The second kappa shape index (κ2) is 9.38. The molecule has 1 aromatic carbocycles. The smallest absolute Gasteiger partial charge is 0.174 e. The summed E-state index contributed by atoms with van der Waals surface area (Å²) < 4.78 is 2.51. The van der Waals surface area contributed by atoms with Gasteiger partial charge < -0.3 is 19.7 Å². The van der Waals surface area contributed by atoms with E-state index in [2.05, 4.69) is 70.8 Å². The molecule has 2 aromatic heterocycles. The third kappa shape index (κ3) is 4.18. The highest BCUT2D eigenvalue weighted by Crippen LogP contribution is 2.47. The van der Waals surface area contributed by atoms with Gasteiger partial charge in [0.05, 0.1) is 28.5 Å². The Balaban J connectivity index is 1.41. The van der Waals surface area contributed by atoms with Crippen LogP contribution < -0.4 is 15.1 Å². The van der Waals surface area contributed by atoms with Crippen molar-refractivity contribution in [2.24, 2.45) is 5.92 Å². The van der Waals surface area contributed by atoms with Crippen LogP contribution in [0.25, 0.3) is 0 Å². The molecular weight excluding hydrogens is 486 g/mol. The number of aromatic nitrogens is 2. The standard InChI is InChI=1S/C29H34ClN5S/c1-18-11-14-33(15-12-18)26-10-9-22(17-24(26)30)35-28(23-16-19(2)34(20(23)3)21-7-8-21)27(32-29(35)36)25-6-4-5-13-31-25/h4-6,9-10,13,16-18,21,27-28H,7-8,11-12,14-15H2,1-3H3,(H,32,36)/t27-,28+/m1/s1. The summed E-state index contributed by atoms with van der Waals surface area (Å²) in [5.41, 5.74) is 7.07. The Hall–Kier alpha value is -2.57. The molecule has 5 nitrogen and oxygen atoms in total. The van der Waals surface area contributed by atoms with Crippen LogP contribution in [0.15, 0.2) is 48.7 Å². The molecule has 4 heterocycles. The van der Waals surface area contributed by atoms with Gasteiger partial charge >= 0.3 is 0 Å². The minimum Gasteiger partial charge on any atom is -0.370 e.